The van der Waals surface area contributed by atoms with Crippen molar-refractivity contribution in [1.82, 2.24) is 0 Å². The number of amides is 2. The van der Waals surface area contributed by atoms with Gasteiger partial charge in [-0.15, -0.1) is 0 Å². The van der Waals surface area contributed by atoms with Crippen molar-refractivity contribution in [3.05, 3.63) is 89.1 Å². The zero-order valence-electron chi connectivity index (χ0n) is 19.4. The Morgan fingerprint density at radius 1 is 0.824 bits per heavy atom. The molecule has 5 rings (SSSR count). The molecule has 6 nitrogen and oxygen atoms in total. The minimum atomic E-state index is -0.396. The fraction of sp³-hybridized carbons (Fsp3) is 0.214. The highest BCUT2D eigenvalue weighted by atomic mass is 16.6. The Balaban J connectivity index is 1.55. The predicted molar refractivity (Wildman–Crippen MR) is 132 cm³/mol. The third kappa shape index (κ3) is 3.92. The van der Waals surface area contributed by atoms with E-state index >= 15 is 0 Å². The van der Waals surface area contributed by atoms with Crippen molar-refractivity contribution in [2.45, 2.75) is 26.7 Å². The van der Waals surface area contributed by atoms with E-state index in [1.165, 1.54) is 4.90 Å². The van der Waals surface area contributed by atoms with Crippen LogP contribution in [0.1, 0.15) is 36.5 Å². The van der Waals surface area contributed by atoms with E-state index in [2.05, 4.69) is 19.2 Å². The molecule has 2 aliphatic heterocycles. The average Bonchev–Trinajstić information content (AvgIpc) is 3.08. The molecule has 0 radical (unpaired) electrons. The van der Waals surface area contributed by atoms with Crippen molar-refractivity contribution in [2.75, 3.05) is 23.4 Å². The zero-order valence-corrected chi connectivity index (χ0v) is 19.4. The second kappa shape index (κ2) is 8.71. The van der Waals surface area contributed by atoms with Gasteiger partial charge in [-0.05, 0) is 48.2 Å². The molecule has 3 aromatic carbocycles. The first-order valence-electron chi connectivity index (χ1n) is 11.4. The van der Waals surface area contributed by atoms with E-state index in [0.29, 0.717) is 53.1 Å². The lowest BCUT2D eigenvalue weighted by Gasteiger charge is -2.19. The number of fused-ring (bicyclic) bond motifs is 1. The number of nitrogens with zero attached hydrogens (tertiary/aromatic N) is 1. The molecule has 0 unspecified atom stereocenters. The number of nitrogens with one attached hydrogen (secondary N) is 1. The molecule has 3 aromatic rings. The maximum atomic E-state index is 13.6. The summed E-state index contributed by atoms with van der Waals surface area (Å²) in [5.41, 5.74) is 4.66. The van der Waals surface area contributed by atoms with Gasteiger partial charge in [0.1, 0.15) is 18.9 Å². The monoisotopic (exact) mass is 454 g/mol. The first-order valence-corrected chi connectivity index (χ1v) is 11.4. The summed E-state index contributed by atoms with van der Waals surface area (Å²) < 4.78 is 11.3. The molecule has 0 saturated heterocycles. The van der Waals surface area contributed by atoms with E-state index in [1.54, 1.807) is 12.1 Å². The largest absolute Gasteiger partial charge is 0.486 e. The van der Waals surface area contributed by atoms with Crippen molar-refractivity contribution in [2.24, 2.45) is 0 Å². The molecule has 0 fully saturated rings. The molecule has 2 heterocycles. The van der Waals surface area contributed by atoms with Crippen molar-refractivity contribution in [1.29, 1.82) is 0 Å². The molecule has 0 aliphatic carbocycles. The Hall–Kier alpha value is -4.06. The van der Waals surface area contributed by atoms with Crippen molar-refractivity contribution in [3.8, 4) is 11.5 Å². The minimum absolute atomic E-state index is 0.235. The summed E-state index contributed by atoms with van der Waals surface area (Å²) in [4.78, 5) is 28.5. The highest BCUT2D eigenvalue weighted by Gasteiger charge is 2.40. The molecular formula is C28H26N2O4. The number of rotatable bonds is 5. The summed E-state index contributed by atoms with van der Waals surface area (Å²) in [5.74, 6) is 0.864. The Kier molecular flexibility index (Phi) is 5.57. The maximum absolute atomic E-state index is 13.6. The Morgan fingerprint density at radius 2 is 1.50 bits per heavy atom. The fourth-order valence-corrected chi connectivity index (χ4v) is 4.14. The molecule has 1 N–H and O–H groups in total. The molecule has 34 heavy (non-hydrogen) atoms. The quantitative estimate of drug-likeness (QED) is 0.531. The molecule has 0 bridgehead atoms. The summed E-state index contributed by atoms with van der Waals surface area (Å²) >= 11 is 0. The van der Waals surface area contributed by atoms with E-state index in [4.69, 9.17) is 9.47 Å². The number of imide groups is 1. The van der Waals surface area contributed by atoms with Crippen molar-refractivity contribution >= 4 is 28.8 Å². The Morgan fingerprint density at radius 3 is 2.18 bits per heavy atom. The maximum Gasteiger partial charge on any atom is 0.282 e. The highest BCUT2D eigenvalue weighted by Crippen LogP contribution is 2.37. The number of carbonyl (C=O) groups excluding carboxylic acids is 2. The van der Waals surface area contributed by atoms with E-state index in [1.807, 2.05) is 61.5 Å². The first-order chi connectivity index (χ1) is 16.4. The van der Waals surface area contributed by atoms with Crippen LogP contribution in [0.4, 0.5) is 11.4 Å². The van der Waals surface area contributed by atoms with E-state index in [0.717, 1.165) is 11.1 Å². The normalized spacial score (nSPS) is 15.4. The minimum Gasteiger partial charge on any atom is -0.486 e. The molecule has 172 valence electrons. The topological polar surface area (TPSA) is 67.9 Å². The molecule has 2 aliphatic rings. The highest BCUT2D eigenvalue weighted by molar-refractivity contribution is 6.46. The van der Waals surface area contributed by atoms with Gasteiger partial charge in [0.2, 0.25) is 0 Å². The molecule has 2 amide bonds. The van der Waals surface area contributed by atoms with Crippen LogP contribution in [0.3, 0.4) is 0 Å². The van der Waals surface area contributed by atoms with Gasteiger partial charge >= 0.3 is 0 Å². The zero-order chi connectivity index (χ0) is 23.8. The number of carbonyl (C=O) groups is 2. The molecular weight excluding hydrogens is 428 g/mol. The first kappa shape index (κ1) is 21.8. The molecule has 0 aromatic heterocycles. The summed E-state index contributed by atoms with van der Waals surface area (Å²) in [6.45, 7) is 7.16. The Bertz CT molecular complexity index is 1290. The van der Waals surface area contributed by atoms with Gasteiger partial charge in [-0.2, -0.15) is 0 Å². The lowest BCUT2D eigenvalue weighted by atomic mass is 10.0. The fourth-order valence-electron chi connectivity index (χ4n) is 4.14. The molecule has 0 spiro atoms. The van der Waals surface area contributed by atoms with E-state index in [9.17, 15) is 9.59 Å². The van der Waals surface area contributed by atoms with Crippen LogP contribution in [0, 0.1) is 6.92 Å². The summed E-state index contributed by atoms with van der Waals surface area (Å²) in [6.07, 6.45) is 0. The van der Waals surface area contributed by atoms with Gasteiger partial charge in [-0.25, -0.2) is 4.90 Å². The van der Waals surface area contributed by atoms with Gasteiger partial charge in [-0.3, -0.25) is 9.59 Å². The van der Waals surface area contributed by atoms with Crippen LogP contribution in [-0.4, -0.2) is 25.0 Å². The van der Waals surface area contributed by atoms with Crippen LogP contribution in [0.2, 0.25) is 0 Å². The number of hydrogen-bond acceptors (Lipinski definition) is 5. The molecule has 0 atom stereocenters. The van der Waals surface area contributed by atoms with Crippen LogP contribution in [0.15, 0.2) is 72.4 Å². The van der Waals surface area contributed by atoms with E-state index < -0.39 is 5.91 Å². The summed E-state index contributed by atoms with van der Waals surface area (Å²) in [7, 11) is 0. The smallest absolute Gasteiger partial charge is 0.282 e. The second-order valence-corrected chi connectivity index (χ2v) is 8.79. The standard InChI is InChI=1S/C28H26N2O4/c1-17(2)19-8-11-22(12-9-19)30-27(31)25(20-6-4-18(3)5-7-20)26(28(30)32)29-21-10-13-23-24(16-21)34-15-14-33-23/h4-13,16-17,29H,14-15H2,1-3H3. The van der Waals surface area contributed by atoms with Crippen molar-refractivity contribution < 1.29 is 19.1 Å². The number of anilines is 2. The summed E-state index contributed by atoms with van der Waals surface area (Å²) in [6, 6.07) is 20.6. The predicted octanol–water partition coefficient (Wildman–Crippen LogP) is 5.29. The van der Waals surface area contributed by atoms with Crippen LogP contribution < -0.4 is 19.7 Å². The van der Waals surface area contributed by atoms with Gasteiger partial charge in [0, 0.05) is 11.8 Å². The number of hydrogen-bond donors (Lipinski definition) is 1. The van der Waals surface area contributed by atoms with Crippen LogP contribution in [0.25, 0.3) is 5.57 Å². The van der Waals surface area contributed by atoms with Gasteiger partial charge < -0.3 is 14.8 Å². The molecule has 0 saturated carbocycles. The van der Waals surface area contributed by atoms with Gasteiger partial charge in [0.05, 0.1) is 11.3 Å². The Labute approximate surface area is 198 Å². The average molecular weight is 455 g/mol. The van der Waals surface area contributed by atoms with Crippen LogP contribution >= 0.6 is 0 Å². The third-order valence-corrected chi connectivity index (χ3v) is 6.05. The number of benzene rings is 3. The summed E-state index contributed by atoms with van der Waals surface area (Å²) in [5, 5.41) is 3.20. The lowest BCUT2D eigenvalue weighted by Crippen LogP contribution is -2.32. The van der Waals surface area contributed by atoms with Crippen LogP contribution in [-0.2, 0) is 9.59 Å². The SMILES string of the molecule is Cc1ccc(C2=C(Nc3ccc4c(c3)OCCO4)C(=O)N(c3ccc(C(C)C)cc3)C2=O)cc1. The third-order valence-electron chi connectivity index (χ3n) is 6.05. The lowest BCUT2D eigenvalue weighted by molar-refractivity contribution is -0.120. The van der Waals surface area contributed by atoms with E-state index in [-0.39, 0.29) is 11.6 Å². The molecule has 6 heteroatoms. The number of aryl methyl sites for hydroxylation is 1. The second-order valence-electron chi connectivity index (χ2n) is 8.79. The van der Waals surface area contributed by atoms with Gasteiger partial charge in [0.15, 0.2) is 11.5 Å². The van der Waals surface area contributed by atoms with Crippen LogP contribution in [0.5, 0.6) is 11.5 Å². The van der Waals surface area contributed by atoms with Crippen molar-refractivity contribution in [3.63, 3.8) is 0 Å². The van der Waals surface area contributed by atoms with Gasteiger partial charge in [0.25, 0.3) is 11.8 Å². The number of ether oxygens (including phenoxy) is 2. The van der Waals surface area contributed by atoms with Gasteiger partial charge in [-0.1, -0.05) is 55.8 Å².